The average Bonchev–Trinajstić information content (AvgIpc) is 3.03. The Morgan fingerprint density at radius 2 is 2.27 bits per heavy atom. The van der Waals surface area contributed by atoms with Crippen molar-refractivity contribution < 1.29 is 4.58 Å². The number of thiazole rings is 1. The molecule has 2 N–H and O–H groups in total. The number of thiol groups is 1. The number of nitriles is 1. The van der Waals surface area contributed by atoms with Crippen LogP contribution in [0.1, 0.15) is 19.8 Å². The summed E-state index contributed by atoms with van der Waals surface area (Å²) in [7, 11) is 0. The van der Waals surface area contributed by atoms with E-state index in [1.807, 2.05) is 23.1 Å². The highest BCUT2D eigenvalue weighted by molar-refractivity contribution is 7.82. The zero-order valence-electron chi connectivity index (χ0n) is 14.3. The molecule has 0 bridgehead atoms. The molecule has 1 aromatic carbocycles. The monoisotopic (exact) mass is 383 g/mol. The molecule has 2 aromatic heterocycles. The Balaban J connectivity index is 2.08. The molecule has 0 radical (unpaired) electrons. The Labute approximate surface area is 161 Å². The molecule has 2 heterocycles. The van der Waals surface area contributed by atoms with Crippen LogP contribution in [0.15, 0.2) is 47.1 Å². The summed E-state index contributed by atoms with van der Waals surface area (Å²) in [5.74, 6) is 0.351. The van der Waals surface area contributed by atoms with E-state index in [0.29, 0.717) is 18.2 Å². The number of anilines is 1. The summed E-state index contributed by atoms with van der Waals surface area (Å²) >= 11 is 5.84. The molecule has 132 valence electrons. The fourth-order valence-electron chi connectivity index (χ4n) is 2.61. The van der Waals surface area contributed by atoms with Crippen LogP contribution >= 0.6 is 24.0 Å². The Morgan fingerprint density at radius 3 is 2.96 bits per heavy atom. The van der Waals surface area contributed by atoms with Gasteiger partial charge in [-0.05, 0) is 42.0 Å². The van der Waals surface area contributed by atoms with E-state index in [1.54, 1.807) is 24.5 Å². The molecule has 0 aliphatic carbocycles. The molecule has 0 spiro atoms. The molecule has 0 saturated carbocycles. The second-order valence-corrected chi connectivity index (χ2v) is 7.42. The first-order valence-electron chi connectivity index (χ1n) is 8.23. The normalized spacial score (nSPS) is 11.9. The van der Waals surface area contributed by atoms with Gasteiger partial charge in [0, 0.05) is 6.20 Å². The van der Waals surface area contributed by atoms with Crippen molar-refractivity contribution >= 4 is 51.5 Å². The summed E-state index contributed by atoms with van der Waals surface area (Å²) in [6.07, 6.45) is 7.41. The van der Waals surface area contributed by atoms with Gasteiger partial charge in [-0.25, -0.2) is 4.98 Å². The first-order valence-corrected chi connectivity index (χ1v) is 9.49. The molecule has 6 nitrogen and oxygen atoms in total. The van der Waals surface area contributed by atoms with Crippen LogP contribution in [0.25, 0.3) is 10.2 Å². The van der Waals surface area contributed by atoms with E-state index in [-0.39, 0.29) is 0 Å². The summed E-state index contributed by atoms with van der Waals surface area (Å²) < 4.78 is 3.15. The highest BCUT2D eigenvalue weighted by Gasteiger charge is 2.21. The molecular formula is C18H19N6S2+. The molecule has 0 fully saturated rings. The van der Waals surface area contributed by atoms with Gasteiger partial charge in [-0.1, -0.05) is 13.3 Å². The summed E-state index contributed by atoms with van der Waals surface area (Å²) in [4.78, 5) is 10.4. The number of unbranched alkanes of at least 4 members (excludes halogenated alkanes) is 1. The van der Waals surface area contributed by atoms with Crippen molar-refractivity contribution in [3.63, 3.8) is 0 Å². The van der Waals surface area contributed by atoms with Crippen molar-refractivity contribution in [1.82, 2.24) is 9.97 Å². The minimum absolute atomic E-state index is 0.351. The van der Waals surface area contributed by atoms with Gasteiger partial charge in [-0.2, -0.15) is 0 Å². The number of hydrogen-bond acceptors (Lipinski definition) is 5. The molecular weight excluding hydrogens is 364 g/mol. The molecule has 0 aliphatic heterocycles. The minimum atomic E-state index is 0.351. The number of nitrogens with two attached hydrogens (primary N) is 1. The van der Waals surface area contributed by atoms with Crippen LogP contribution < -0.4 is 10.6 Å². The van der Waals surface area contributed by atoms with Crippen molar-refractivity contribution in [3.05, 3.63) is 42.7 Å². The maximum absolute atomic E-state index is 9.65. The summed E-state index contributed by atoms with van der Waals surface area (Å²) in [5, 5.41) is 9.65. The lowest BCUT2D eigenvalue weighted by Crippen LogP contribution is -2.43. The number of guanidine groups is 1. The van der Waals surface area contributed by atoms with Crippen molar-refractivity contribution in [1.29, 1.82) is 5.26 Å². The number of nitrogens with zero attached hydrogens (tertiary/aromatic N) is 5. The Kier molecular flexibility index (Phi) is 5.71. The second-order valence-electron chi connectivity index (χ2n) is 5.66. The first-order chi connectivity index (χ1) is 12.6. The fraction of sp³-hybridized carbons (Fsp3) is 0.222. The second kappa shape index (κ2) is 8.17. The predicted octanol–water partition coefficient (Wildman–Crippen LogP) is 3.73. The van der Waals surface area contributed by atoms with Crippen LogP contribution in [0, 0.1) is 11.5 Å². The topological polar surface area (TPSA) is 81.8 Å². The van der Waals surface area contributed by atoms with Gasteiger partial charge in [-0.15, -0.1) is 28.5 Å². The van der Waals surface area contributed by atoms with Gasteiger partial charge in [0.15, 0.2) is 0 Å². The molecule has 8 heteroatoms. The third-order valence-corrected chi connectivity index (χ3v) is 5.11. The van der Waals surface area contributed by atoms with Gasteiger partial charge in [-0.3, -0.25) is 9.88 Å². The van der Waals surface area contributed by atoms with Crippen LogP contribution in [0.3, 0.4) is 0 Å². The van der Waals surface area contributed by atoms with Gasteiger partial charge in [0.25, 0.3) is 0 Å². The highest BCUT2D eigenvalue weighted by Crippen LogP contribution is 2.29. The predicted molar refractivity (Wildman–Crippen MR) is 108 cm³/mol. The molecule has 0 aliphatic rings. The van der Waals surface area contributed by atoms with Crippen LogP contribution in [0.4, 0.5) is 11.4 Å². The zero-order valence-corrected chi connectivity index (χ0v) is 16.0. The molecule has 0 unspecified atom stereocenters. The largest absolute Gasteiger partial charge is 0.332 e. The average molecular weight is 384 g/mol. The zero-order chi connectivity index (χ0) is 18.5. The standard InChI is InChI=1S/C18H18N6S2/c1-2-3-9-23(13-6-7-15-16(10-13)26-18(25)22-15)17(20)24(12-19)14-5-4-8-21-11-14/h4-8,10-11,20H,2-3,9H2,1H3,(H,22,25)/p+1. The molecule has 26 heavy (non-hydrogen) atoms. The number of fused-ring (bicyclic) bond motifs is 1. The van der Waals surface area contributed by atoms with Gasteiger partial charge in [0.1, 0.15) is 10.0 Å². The van der Waals surface area contributed by atoms with Crippen molar-refractivity contribution in [2.24, 2.45) is 5.73 Å². The maximum atomic E-state index is 9.65. The first kappa shape index (κ1) is 18.2. The molecule has 3 rings (SSSR count). The number of rotatable bonds is 5. The van der Waals surface area contributed by atoms with Crippen LogP contribution in [-0.4, -0.2) is 27.0 Å². The number of aromatic nitrogens is 2. The van der Waals surface area contributed by atoms with E-state index >= 15 is 0 Å². The third-order valence-electron chi connectivity index (χ3n) is 3.92. The van der Waals surface area contributed by atoms with E-state index in [1.165, 1.54) is 15.9 Å². The van der Waals surface area contributed by atoms with E-state index in [4.69, 9.17) is 5.73 Å². The number of benzene rings is 1. The SMILES string of the molecule is CCCCN(C(N)=[N+](C#N)c1cccnc1)c1ccc2nc(S)sc2c1. The van der Waals surface area contributed by atoms with Gasteiger partial charge >= 0.3 is 12.2 Å². The van der Waals surface area contributed by atoms with E-state index in [9.17, 15) is 5.26 Å². The van der Waals surface area contributed by atoms with Crippen molar-refractivity contribution in [2.45, 2.75) is 24.1 Å². The highest BCUT2D eigenvalue weighted by atomic mass is 32.2. The summed E-state index contributed by atoms with van der Waals surface area (Å²) in [6.45, 7) is 2.83. The molecule has 0 amide bonds. The van der Waals surface area contributed by atoms with Gasteiger partial charge < -0.3 is 5.73 Å². The van der Waals surface area contributed by atoms with Crippen LogP contribution in [0.5, 0.6) is 0 Å². The van der Waals surface area contributed by atoms with E-state index in [0.717, 1.165) is 33.1 Å². The number of pyridine rings is 1. The Bertz CT molecular complexity index is 974. The summed E-state index contributed by atoms with van der Waals surface area (Å²) in [5.41, 5.74) is 8.87. The summed E-state index contributed by atoms with van der Waals surface area (Å²) in [6, 6.07) is 9.54. The fourth-order valence-corrected chi connectivity index (χ4v) is 3.75. The van der Waals surface area contributed by atoms with Crippen molar-refractivity contribution in [3.8, 4) is 6.19 Å². The van der Waals surface area contributed by atoms with Crippen LogP contribution in [-0.2, 0) is 0 Å². The molecule has 0 saturated heterocycles. The van der Waals surface area contributed by atoms with Crippen LogP contribution in [0.2, 0.25) is 0 Å². The number of hydrogen-bond donors (Lipinski definition) is 2. The Morgan fingerprint density at radius 1 is 1.42 bits per heavy atom. The van der Waals surface area contributed by atoms with Gasteiger partial charge in [0.2, 0.25) is 0 Å². The maximum Gasteiger partial charge on any atom is 0.332 e. The van der Waals surface area contributed by atoms with E-state index in [2.05, 4.69) is 35.7 Å². The lowest BCUT2D eigenvalue weighted by atomic mass is 10.2. The Hall–Kier alpha value is -2.63. The minimum Gasteiger partial charge on any atom is -0.309 e. The quantitative estimate of drug-likeness (QED) is 0.175. The lowest BCUT2D eigenvalue weighted by Gasteiger charge is -2.20. The van der Waals surface area contributed by atoms with E-state index < -0.39 is 0 Å². The molecule has 0 atom stereocenters. The molecule has 3 aromatic rings. The smallest absolute Gasteiger partial charge is 0.309 e. The van der Waals surface area contributed by atoms with Crippen molar-refractivity contribution in [2.75, 3.05) is 11.4 Å². The lowest BCUT2D eigenvalue weighted by molar-refractivity contribution is -0.343. The van der Waals surface area contributed by atoms with Gasteiger partial charge in [0.05, 0.1) is 28.6 Å². The third kappa shape index (κ3) is 3.79.